The molecule has 1 aliphatic rings. The zero-order chi connectivity index (χ0) is 13.2. The van der Waals surface area contributed by atoms with Crippen molar-refractivity contribution in [1.29, 1.82) is 0 Å². The average molecular weight is 277 g/mol. The van der Waals surface area contributed by atoms with Crippen molar-refractivity contribution in [3.63, 3.8) is 0 Å². The number of rotatable bonds is 2. The van der Waals surface area contributed by atoms with Gasteiger partial charge in [0.05, 0.1) is 10.6 Å². The number of pyridine rings is 1. The minimum atomic E-state index is -0.322. The maximum absolute atomic E-state index is 12.0. The highest BCUT2D eigenvalue weighted by Crippen LogP contribution is 2.34. The van der Waals surface area contributed by atoms with Crippen molar-refractivity contribution in [2.24, 2.45) is 0 Å². The summed E-state index contributed by atoms with van der Waals surface area (Å²) in [6, 6.07) is 6.74. The minimum absolute atomic E-state index is 0.196. The van der Waals surface area contributed by atoms with Crippen LogP contribution in [0, 0.1) is 0 Å². The van der Waals surface area contributed by atoms with Crippen molar-refractivity contribution in [1.82, 2.24) is 4.98 Å². The van der Waals surface area contributed by atoms with Crippen molar-refractivity contribution in [3.05, 3.63) is 47.2 Å². The number of nitrogens with one attached hydrogen (secondary N) is 1. The normalized spacial score (nSPS) is 12.3. The molecule has 6 heteroatoms. The van der Waals surface area contributed by atoms with Crippen LogP contribution in [-0.4, -0.2) is 17.7 Å². The van der Waals surface area contributed by atoms with Gasteiger partial charge in [-0.25, -0.2) is 0 Å². The van der Waals surface area contributed by atoms with Crippen molar-refractivity contribution in [2.75, 3.05) is 12.1 Å². The number of fused-ring (bicyclic) bond motifs is 1. The van der Waals surface area contributed by atoms with Crippen LogP contribution >= 0.6 is 11.6 Å². The van der Waals surface area contributed by atoms with Gasteiger partial charge in [0, 0.05) is 24.1 Å². The molecule has 2 aromatic rings. The van der Waals surface area contributed by atoms with Gasteiger partial charge < -0.3 is 14.8 Å². The summed E-state index contributed by atoms with van der Waals surface area (Å²) < 4.78 is 10.4. The van der Waals surface area contributed by atoms with E-state index in [9.17, 15) is 4.79 Å². The molecule has 0 unspecified atom stereocenters. The molecule has 1 aliphatic heterocycles. The van der Waals surface area contributed by atoms with Gasteiger partial charge in [-0.2, -0.15) is 0 Å². The molecule has 0 radical (unpaired) electrons. The van der Waals surface area contributed by atoms with Gasteiger partial charge in [0.15, 0.2) is 11.5 Å². The summed E-state index contributed by atoms with van der Waals surface area (Å²) >= 11 is 5.93. The highest BCUT2D eigenvalue weighted by Gasteiger charge is 2.15. The molecule has 3 rings (SSSR count). The molecule has 1 aromatic heterocycles. The summed E-state index contributed by atoms with van der Waals surface area (Å²) in [6.07, 6.45) is 2.95. The van der Waals surface area contributed by atoms with Crippen LogP contribution < -0.4 is 14.8 Å². The SMILES string of the molecule is O=C(Nc1ccc2c(c1)OCO2)c1cnccc1Cl. The van der Waals surface area contributed by atoms with E-state index in [1.54, 1.807) is 24.3 Å². The molecular formula is C13H9ClN2O3. The molecule has 0 bridgehead atoms. The van der Waals surface area contributed by atoms with E-state index < -0.39 is 0 Å². The molecule has 0 fully saturated rings. The van der Waals surface area contributed by atoms with Gasteiger partial charge in [-0.3, -0.25) is 9.78 Å². The van der Waals surface area contributed by atoms with Gasteiger partial charge in [-0.15, -0.1) is 0 Å². The van der Waals surface area contributed by atoms with E-state index in [0.717, 1.165) is 0 Å². The lowest BCUT2D eigenvalue weighted by Crippen LogP contribution is -2.12. The number of carbonyl (C=O) groups excluding carboxylic acids is 1. The topological polar surface area (TPSA) is 60.5 Å². The molecule has 0 saturated heterocycles. The molecule has 1 N–H and O–H groups in total. The molecule has 0 spiro atoms. The van der Waals surface area contributed by atoms with E-state index in [0.29, 0.717) is 27.8 Å². The largest absolute Gasteiger partial charge is 0.454 e. The Balaban J connectivity index is 1.82. The summed E-state index contributed by atoms with van der Waals surface area (Å²) in [5.41, 5.74) is 0.927. The van der Waals surface area contributed by atoms with Gasteiger partial charge >= 0.3 is 0 Å². The second-order valence-electron chi connectivity index (χ2n) is 3.88. The number of hydrogen-bond donors (Lipinski definition) is 1. The lowest BCUT2D eigenvalue weighted by molar-refractivity contribution is 0.102. The van der Waals surface area contributed by atoms with Crippen LogP contribution in [0.15, 0.2) is 36.7 Å². The third-order valence-electron chi connectivity index (χ3n) is 2.64. The number of amides is 1. The Bertz CT molecular complexity index is 646. The second-order valence-corrected chi connectivity index (χ2v) is 4.28. The van der Waals surface area contributed by atoms with Crippen LogP contribution in [0.1, 0.15) is 10.4 Å². The first kappa shape index (κ1) is 11.8. The number of ether oxygens (including phenoxy) is 2. The third kappa shape index (κ3) is 2.32. The van der Waals surface area contributed by atoms with E-state index in [1.165, 1.54) is 12.4 Å². The molecule has 1 aromatic carbocycles. The standard InChI is InChI=1S/C13H9ClN2O3/c14-10-3-4-15-6-9(10)13(17)16-8-1-2-11-12(5-8)19-7-18-11/h1-6H,7H2,(H,16,17). The summed E-state index contributed by atoms with van der Waals surface area (Å²) in [4.78, 5) is 15.9. The maximum Gasteiger partial charge on any atom is 0.258 e. The van der Waals surface area contributed by atoms with Crippen molar-refractivity contribution in [2.45, 2.75) is 0 Å². The van der Waals surface area contributed by atoms with Crippen LogP contribution in [0.3, 0.4) is 0 Å². The molecular weight excluding hydrogens is 268 g/mol. The molecule has 96 valence electrons. The van der Waals surface area contributed by atoms with E-state index in [1.807, 2.05) is 0 Å². The number of halogens is 1. The van der Waals surface area contributed by atoms with Crippen LogP contribution in [0.2, 0.25) is 5.02 Å². The smallest absolute Gasteiger partial charge is 0.258 e. The molecule has 1 amide bonds. The number of aromatic nitrogens is 1. The minimum Gasteiger partial charge on any atom is -0.454 e. The molecule has 5 nitrogen and oxygen atoms in total. The predicted molar refractivity (Wildman–Crippen MR) is 69.8 cm³/mol. The summed E-state index contributed by atoms with van der Waals surface area (Å²) in [7, 11) is 0. The fourth-order valence-corrected chi connectivity index (χ4v) is 1.91. The Morgan fingerprint density at radius 3 is 2.95 bits per heavy atom. The fourth-order valence-electron chi connectivity index (χ4n) is 1.72. The third-order valence-corrected chi connectivity index (χ3v) is 2.97. The van der Waals surface area contributed by atoms with Gasteiger partial charge in [-0.1, -0.05) is 11.6 Å². The lowest BCUT2D eigenvalue weighted by Gasteiger charge is -2.06. The van der Waals surface area contributed by atoms with Crippen LogP contribution in [0.5, 0.6) is 11.5 Å². The van der Waals surface area contributed by atoms with Crippen LogP contribution in [-0.2, 0) is 0 Å². The summed E-state index contributed by atoms with van der Waals surface area (Å²) in [5, 5.41) is 3.08. The number of hydrogen-bond acceptors (Lipinski definition) is 4. The highest BCUT2D eigenvalue weighted by atomic mass is 35.5. The Morgan fingerprint density at radius 2 is 2.11 bits per heavy atom. The van der Waals surface area contributed by atoms with Crippen LogP contribution in [0.25, 0.3) is 0 Å². The van der Waals surface area contributed by atoms with E-state index in [4.69, 9.17) is 21.1 Å². The van der Waals surface area contributed by atoms with E-state index in [-0.39, 0.29) is 12.7 Å². The molecule has 0 saturated carbocycles. The fraction of sp³-hybridized carbons (Fsp3) is 0.0769. The second kappa shape index (κ2) is 4.78. The average Bonchev–Trinajstić information content (AvgIpc) is 2.86. The Hall–Kier alpha value is -2.27. The van der Waals surface area contributed by atoms with Gasteiger partial charge in [0.1, 0.15) is 0 Å². The number of benzene rings is 1. The van der Waals surface area contributed by atoms with Gasteiger partial charge in [0.25, 0.3) is 5.91 Å². The number of carbonyl (C=O) groups is 1. The zero-order valence-electron chi connectivity index (χ0n) is 9.72. The number of nitrogens with zero attached hydrogens (tertiary/aromatic N) is 1. The monoisotopic (exact) mass is 276 g/mol. The lowest BCUT2D eigenvalue weighted by atomic mass is 10.2. The Kier molecular flexibility index (Phi) is 2.97. The predicted octanol–water partition coefficient (Wildman–Crippen LogP) is 2.72. The molecule has 19 heavy (non-hydrogen) atoms. The first-order chi connectivity index (χ1) is 9.24. The zero-order valence-corrected chi connectivity index (χ0v) is 10.5. The molecule has 0 atom stereocenters. The maximum atomic E-state index is 12.0. The molecule has 0 aliphatic carbocycles. The molecule has 2 heterocycles. The van der Waals surface area contributed by atoms with Gasteiger partial charge in [-0.05, 0) is 18.2 Å². The summed E-state index contributed by atoms with van der Waals surface area (Å²) in [6.45, 7) is 0.196. The van der Waals surface area contributed by atoms with Crippen molar-refractivity contribution >= 4 is 23.2 Å². The number of anilines is 1. The van der Waals surface area contributed by atoms with Crippen molar-refractivity contribution < 1.29 is 14.3 Å². The van der Waals surface area contributed by atoms with Crippen LogP contribution in [0.4, 0.5) is 5.69 Å². The van der Waals surface area contributed by atoms with Gasteiger partial charge in [0.2, 0.25) is 6.79 Å². The van der Waals surface area contributed by atoms with Crippen molar-refractivity contribution in [3.8, 4) is 11.5 Å². The van der Waals surface area contributed by atoms with E-state index >= 15 is 0 Å². The summed E-state index contributed by atoms with van der Waals surface area (Å²) in [5.74, 6) is 0.949. The Morgan fingerprint density at radius 1 is 1.26 bits per heavy atom. The quantitative estimate of drug-likeness (QED) is 0.916. The van der Waals surface area contributed by atoms with E-state index in [2.05, 4.69) is 10.3 Å². The highest BCUT2D eigenvalue weighted by molar-refractivity contribution is 6.34. The first-order valence-corrected chi connectivity index (χ1v) is 5.92. The Labute approximate surface area is 114 Å². The first-order valence-electron chi connectivity index (χ1n) is 5.54.